The Bertz CT molecular complexity index is 1360. The van der Waals surface area contributed by atoms with Gasteiger partial charge in [0.2, 0.25) is 0 Å². The summed E-state index contributed by atoms with van der Waals surface area (Å²) in [4.78, 5) is 36.9. The van der Waals surface area contributed by atoms with E-state index in [9.17, 15) is 14.4 Å². The first kappa shape index (κ1) is 27.4. The van der Waals surface area contributed by atoms with Crippen molar-refractivity contribution in [2.24, 2.45) is 0 Å². The molecule has 0 saturated heterocycles. The van der Waals surface area contributed by atoms with Crippen molar-refractivity contribution in [2.45, 2.75) is 44.8 Å². The van der Waals surface area contributed by atoms with Crippen LogP contribution in [0.2, 0.25) is 5.02 Å². The molecule has 0 amide bonds. The molecule has 3 aromatic rings. The number of aromatic carboxylic acids is 1. The highest BCUT2D eigenvalue weighted by Gasteiger charge is 2.22. The Balaban J connectivity index is 1.64. The van der Waals surface area contributed by atoms with Gasteiger partial charge in [-0.1, -0.05) is 11.6 Å². The summed E-state index contributed by atoms with van der Waals surface area (Å²) in [5, 5.41) is 12.9. The van der Waals surface area contributed by atoms with Gasteiger partial charge in [0.05, 0.1) is 31.0 Å². The number of carboxylic acids is 1. The number of aromatic nitrogens is 1. The Kier molecular flexibility index (Phi) is 8.86. The summed E-state index contributed by atoms with van der Waals surface area (Å²) in [5.41, 5.74) is 2.15. The normalized spacial score (nSPS) is 14.0. The van der Waals surface area contributed by atoms with E-state index in [1.165, 1.54) is 38.7 Å². The van der Waals surface area contributed by atoms with Crippen LogP contribution in [0, 0.1) is 0 Å². The lowest BCUT2D eigenvalue weighted by Gasteiger charge is -2.27. The van der Waals surface area contributed by atoms with Gasteiger partial charge in [0.1, 0.15) is 5.75 Å². The Morgan fingerprint density at radius 3 is 2.47 bits per heavy atom. The number of hydrogen-bond acceptors (Lipinski definition) is 6. The molecule has 0 bridgehead atoms. The third kappa shape index (κ3) is 6.44. The molecule has 1 aliphatic rings. The van der Waals surface area contributed by atoms with Gasteiger partial charge < -0.3 is 24.5 Å². The number of carbonyl (C=O) groups excluding carboxylic acids is 1. The lowest BCUT2D eigenvalue weighted by atomic mass is 9.96. The molecule has 0 radical (unpaired) electrons. The van der Waals surface area contributed by atoms with Crippen LogP contribution in [-0.2, 0) is 4.74 Å². The molecule has 8 nitrogen and oxygen atoms in total. The average Bonchev–Trinajstić information content (AvgIpc) is 2.87. The highest BCUT2D eigenvalue weighted by Crippen LogP contribution is 2.34. The second-order valence-corrected chi connectivity index (χ2v) is 9.81. The maximum atomic E-state index is 13.4. The Labute approximate surface area is 226 Å². The zero-order valence-electron chi connectivity index (χ0n) is 21.4. The average molecular weight is 539 g/mol. The van der Waals surface area contributed by atoms with Crippen molar-refractivity contribution >= 4 is 29.0 Å². The highest BCUT2D eigenvalue weighted by atomic mass is 35.5. The topological polar surface area (TPSA) is 107 Å². The van der Waals surface area contributed by atoms with Crippen molar-refractivity contribution in [3.05, 3.63) is 81.2 Å². The molecule has 2 N–H and O–H groups in total. The number of carboxylic acid groups (broad SMARTS) is 1. The maximum absolute atomic E-state index is 13.4. The van der Waals surface area contributed by atoms with Gasteiger partial charge in [-0.2, -0.15) is 0 Å². The number of methoxy groups -OCH3 is 1. The molecule has 1 saturated carbocycles. The number of halogens is 1. The third-order valence-electron chi connectivity index (χ3n) is 6.84. The zero-order valence-corrected chi connectivity index (χ0v) is 22.2. The van der Waals surface area contributed by atoms with Crippen molar-refractivity contribution < 1.29 is 24.2 Å². The fourth-order valence-electron chi connectivity index (χ4n) is 4.45. The van der Waals surface area contributed by atoms with Gasteiger partial charge in [-0.25, -0.2) is 4.79 Å². The standard InChI is InChI=1S/C29H31ClN2O6/c1-18(33)24-11-8-20(30)14-25(24)26-15-28(34)32(17-27(26)37-2)22(12-13-38-23-4-3-5-23)16-31-21-9-6-19(7-10-21)29(35)36/h6-11,14-15,17,22-23,31H,3-5,12-13,16H2,1-2H3,(H,35,36)/t22-/m1/s1. The lowest BCUT2D eigenvalue weighted by Crippen LogP contribution is -2.31. The summed E-state index contributed by atoms with van der Waals surface area (Å²) in [6.07, 6.45) is 5.79. The molecule has 4 rings (SSSR count). The molecular formula is C29H31ClN2O6. The largest absolute Gasteiger partial charge is 0.495 e. The summed E-state index contributed by atoms with van der Waals surface area (Å²) in [6.45, 7) is 2.36. The molecule has 1 aliphatic carbocycles. The van der Waals surface area contributed by atoms with E-state index in [1.54, 1.807) is 41.1 Å². The number of benzene rings is 2. The quantitative estimate of drug-likeness (QED) is 0.285. The fraction of sp³-hybridized carbons (Fsp3) is 0.345. The Hall–Kier alpha value is -3.62. The summed E-state index contributed by atoms with van der Waals surface area (Å²) in [6, 6.07) is 12.6. The van der Waals surface area contributed by atoms with E-state index >= 15 is 0 Å². The molecule has 1 atom stereocenters. The number of hydrogen-bond donors (Lipinski definition) is 2. The minimum absolute atomic E-state index is 0.146. The van der Waals surface area contributed by atoms with Crippen LogP contribution < -0.4 is 15.6 Å². The van der Waals surface area contributed by atoms with Crippen LogP contribution in [0.3, 0.4) is 0 Å². The summed E-state index contributed by atoms with van der Waals surface area (Å²) in [5.74, 6) is -0.703. The van der Waals surface area contributed by atoms with Crippen LogP contribution in [0.5, 0.6) is 5.75 Å². The smallest absolute Gasteiger partial charge is 0.335 e. The molecule has 200 valence electrons. The summed E-state index contributed by atoms with van der Waals surface area (Å²) < 4.78 is 13.3. The molecule has 9 heteroatoms. The van der Waals surface area contributed by atoms with Gasteiger partial charge in [0.15, 0.2) is 5.78 Å². The van der Waals surface area contributed by atoms with E-state index in [1.807, 2.05) is 0 Å². The van der Waals surface area contributed by atoms with E-state index in [0.717, 1.165) is 18.5 Å². The second kappa shape index (κ2) is 12.3. The van der Waals surface area contributed by atoms with E-state index < -0.39 is 5.97 Å². The molecule has 0 unspecified atom stereocenters. The number of pyridine rings is 1. The minimum Gasteiger partial charge on any atom is -0.495 e. The number of nitrogens with one attached hydrogen (secondary N) is 1. The van der Waals surface area contributed by atoms with Gasteiger partial charge >= 0.3 is 5.97 Å². The first-order valence-corrected chi connectivity index (χ1v) is 12.9. The van der Waals surface area contributed by atoms with Gasteiger partial charge in [-0.05, 0) is 80.6 Å². The van der Waals surface area contributed by atoms with Crippen molar-refractivity contribution in [3.8, 4) is 16.9 Å². The predicted molar refractivity (Wildman–Crippen MR) is 147 cm³/mol. The molecule has 0 aliphatic heterocycles. The van der Waals surface area contributed by atoms with Crippen molar-refractivity contribution in [1.82, 2.24) is 4.57 Å². The van der Waals surface area contributed by atoms with Crippen LogP contribution in [0.1, 0.15) is 59.4 Å². The molecule has 1 aromatic heterocycles. The van der Waals surface area contributed by atoms with Gasteiger partial charge in [-0.15, -0.1) is 0 Å². The van der Waals surface area contributed by atoms with Crippen molar-refractivity contribution in [3.63, 3.8) is 0 Å². The van der Waals surface area contributed by atoms with Crippen LogP contribution in [-0.4, -0.2) is 47.8 Å². The lowest BCUT2D eigenvalue weighted by molar-refractivity contribution is -0.00270. The number of Topliss-reactive ketones (excluding diaryl/α,β-unsaturated/α-hetero) is 1. The first-order chi connectivity index (χ1) is 18.3. The van der Waals surface area contributed by atoms with Crippen molar-refractivity contribution in [2.75, 3.05) is 25.6 Å². The van der Waals surface area contributed by atoms with Gasteiger partial charge in [0, 0.05) is 41.1 Å². The third-order valence-corrected chi connectivity index (χ3v) is 7.07. The van der Waals surface area contributed by atoms with E-state index in [4.69, 9.17) is 26.2 Å². The number of ketones is 1. The molecule has 1 fully saturated rings. The van der Waals surface area contributed by atoms with E-state index in [2.05, 4.69) is 5.32 Å². The monoisotopic (exact) mass is 538 g/mol. The number of anilines is 1. The second-order valence-electron chi connectivity index (χ2n) is 9.38. The van der Waals surface area contributed by atoms with Crippen molar-refractivity contribution in [1.29, 1.82) is 0 Å². The van der Waals surface area contributed by atoms with Gasteiger partial charge in [-0.3, -0.25) is 9.59 Å². The van der Waals surface area contributed by atoms with Gasteiger partial charge in [0.25, 0.3) is 5.56 Å². The Morgan fingerprint density at radius 2 is 1.87 bits per heavy atom. The van der Waals surface area contributed by atoms with Crippen LogP contribution in [0.25, 0.3) is 11.1 Å². The summed E-state index contributed by atoms with van der Waals surface area (Å²) in [7, 11) is 1.52. The first-order valence-electron chi connectivity index (χ1n) is 12.6. The fourth-order valence-corrected chi connectivity index (χ4v) is 4.62. The Morgan fingerprint density at radius 1 is 1.13 bits per heavy atom. The number of rotatable bonds is 12. The molecule has 38 heavy (non-hydrogen) atoms. The number of ether oxygens (including phenoxy) is 2. The zero-order chi connectivity index (χ0) is 27.2. The summed E-state index contributed by atoms with van der Waals surface area (Å²) >= 11 is 6.22. The molecule has 0 spiro atoms. The maximum Gasteiger partial charge on any atom is 0.335 e. The highest BCUT2D eigenvalue weighted by molar-refractivity contribution is 6.31. The SMILES string of the molecule is COc1cn([C@H](CCOC2CCC2)CNc2ccc(C(=O)O)cc2)c(=O)cc1-c1cc(Cl)ccc1C(C)=O. The predicted octanol–water partition coefficient (Wildman–Crippen LogP) is 5.69. The van der Waals surface area contributed by atoms with Crippen LogP contribution >= 0.6 is 11.6 Å². The van der Waals surface area contributed by atoms with Crippen LogP contribution in [0.4, 0.5) is 5.69 Å². The molecular weight excluding hydrogens is 508 g/mol. The number of carbonyl (C=O) groups is 2. The van der Waals surface area contributed by atoms with Crippen LogP contribution in [0.15, 0.2) is 59.5 Å². The molecule has 2 aromatic carbocycles. The molecule has 1 heterocycles. The minimum atomic E-state index is -0.992. The number of nitrogens with zero attached hydrogens (tertiary/aromatic N) is 1. The van der Waals surface area contributed by atoms with E-state index in [0.29, 0.717) is 47.0 Å². The van der Waals surface area contributed by atoms with E-state index in [-0.39, 0.29) is 29.1 Å².